The van der Waals surface area contributed by atoms with Gasteiger partial charge in [-0.05, 0) is 24.3 Å². The molecule has 0 atom stereocenters. The van der Waals surface area contributed by atoms with Crippen molar-refractivity contribution in [3.05, 3.63) is 47.5 Å². The monoisotopic (exact) mass is 316 g/mol. The Morgan fingerprint density at radius 2 is 1.35 bits per heavy atom. The molecule has 122 valence electrons. The zero-order valence-electron chi connectivity index (χ0n) is 13.7. The smallest absolute Gasteiger partial charge is 0.167 e. The van der Waals surface area contributed by atoms with Crippen molar-refractivity contribution in [2.24, 2.45) is 0 Å². The number of ketones is 1. The summed E-state index contributed by atoms with van der Waals surface area (Å²) < 4.78 is 21.1. The molecule has 0 fully saturated rings. The van der Waals surface area contributed by atoms with Crippen LogP contribution in [0.25, 0.3) is 0 Å². The van der Waals surface area contributed by atoms with E-state index in [4.69, 9.17) is 18.9 Å². The molecule has 0 aliphatic heterocycles. The van der Waals surface area contributed by atoms with Crippen LogP contribution >= 0.6 is 0 Å². The third kappa shape index (κ3) is 3.74. The highest BCUT2D eigenvalue weighted by molar-refractivity contribution is 5.99. The molecule has 0 amide bonds. The summed E-state index contributed by atoms with van der Waals surface area (Å²) in [5.74, 6) is 2.30. The number of Topliss-reactive ketones (excluding diaryl/α,β-unsaturated/α-hetero) is 1. The molecule has 23 heavy (non-hydrogen) atoms. The number of methoxy groups -OCH3 is 4. The normalized spacial score (nSPS) is 10.1. The molecule has 0 aromatic heterocycles. The molecule has 0 saturated heterocycles. The number of hydrogen-bond acceptors (Lipinski definition) is 5. The van der Waals surface area contributed by atoms with Gasteiger partial charge in [0, 0.05) is 23.6 Å². The fraction of sp³-hybridized carbons (Fsp3) is 0.278. The van der Waals surface area contributed by atoms with Gasteiger partial charge in [-0.25, -0.2) is 0 Å². The van der Waals surface area contributed by atoms with Gasteiger partial charge in [0.1, 0.15) is 23.0 Å². The second-order valence-electron chi connectivity index (χ2n) is 4.84. The van der Waals surface area contributed by atoms with Crippen LogP contribution < -0.4 is 18.9 Å². The van der Waals surface area contributed by atoms with E-state index in [1.807, 2.05) is 6.07 Å². The Labute approximate surface area is 135 Å². The molecule has 0 aliphatic carbocycles. The lowest BCUT2D eigenvalue weighted by atomic mass is 10.0. The van der Waals surface area contributed by atoms with Crippen molar-refractivity contribution in [1.82, 2.24) is 0 Å². The van der Waals surface area contributed by atoms with Crippen molar-refractivity contribution in [1.29, 1.82) is 0 Å². The van der Waals surface area contributed by atoms with Crippen molar-refractivity contribution in [3.8, 4) is 23.0 Å². The second-order valence-corrected chi connectivity index (χ2v) is 4.84. The van der Waals surface area contributed by atoms with E-state index in [9.17, 15) is 4.79 Å². The summed E-state index contributed by atoms with van der Waals surface area (Å²) >= 11 is 0. The molecule has 0 heterocycles. The van der Waals surface area contributed by atoms with Crippen LogP contribution in [0.5, 0.6) is 23.0 Å². The molecule has 0 aliphatic rings. The fourth-order valence-electron chi connectivity index (χ4n) is 2.33. The predicted molar refractivity (Wildman–Crippen MR) is 87.1 cm³/mol. The van der Waals surface area contributed by atoms with E-state index in [-0.39, 0.29) is 12.2 Å². The molecule has 0 saturated carbocycles. The molecule has 0 spiro atoms. The van der Waals surface area contributed by atoms with Crippen molar-refractivity contribution in [2.45, 2.75) is 6.42 Å². The molecule has 5 nitrogen and oxygen atoms in total. The summed E-state index contributed by atoms with van der Waals surface area (Å²) in [4.78, 5) is 12.7. The highest BCUT2D eigenvalue weighted by atomic mass is 16.5. The first-order chi connectivity index (χ1) is 11.1. The van der Waals surface area contributed by atoms with Gasteiger partial charge in [0.15, 0.2) is 5.78 Å². The van der Waals surface area contributed by atoms with E-state index in [1.165, 1.54) is 0 Å². The Kier molecular flexibility index (Phi) is 5.46. The SMILES string of the molecule is COc1cc(OC)cc(C(=O)Cc2c(OC)cccc2OC)c1. The number of rotatable bonds is 7. The summed E-state index contributed by atoms with van der Waals surface area (Å²) in [7, 11) is 6.23. The average molecular weight is 316 g/mol. The number of carbonyl (C=O) groups excluding carboxylic acids is 1. The molecular formula is C18H20O5. The molecular weight excluding hydrogens is 296 g/mol. The second kappa shape index (κ2) is 7.54. The van der Waals surface area contributed by atoms with Gasteiger partial charge >= 0.3 is 0 Å². The molecule has 0 N–H and O–H groups in total. The van der Waals surface area contributed by atoms with Gasteiger partial charge in [-0.3, -0.25) is 4.79 Å². The molecule has 2 aromatic rings. The van der Waals surface area contributed by atoms with Gasteiger partial charge < -0.3 is 18.9 Å². The van der Waals surface area contributed by atoms with Crippen LogP contribution in [-0.4, -0.2) is 34.2 Å². The first-order valence-electron chi connectivity index (χ1n) is 7.09. The minimum atomic E-state index is -0.0787. The maximum atomic E-state index is 12.7. The van der Waals surface area contributed by atoms with Crippen molar-refractivity contribution < 1.29 is 23.7 Å². The maximum Gasteiger partial charge on any atom is 0.167 e. The Hall–Kier alpha value is -2.69. The number of carbonyl (C=O) groups is 1. The van der Waals surface area contributed by atoms with Crippen LogP contribution in [0.15, 0.2) is 36.4 Å². The van der Waals surface area contributed by atoms with Crippen molar-refractivity contribution in [3.63, 3.8) is 0 Å². The lowest BCUT2D eigenvalue weighted by Crippen LogP contribution is -2.07. The lowest BCUT2D eigenvalue weighted by molar-refractivity contribution is 0.0990. The zero-order chi connectivity index (χ0) is 16.8. The van der Waals surface area contributed by atoms with E-state index in [0.29, 0.717) is 34.1 Å². The van der Waals surface area contributed by atoms with Crippen LogP contribution in [0.4, 0.5) is 0 Å². The Morgan fingerprint density at radius 1 is 0.826 bits per heavy atom. The van der Waals surface area contributed by atoms with Crippen LogP contribution in [-0.2, 0) is 6.42 Å². The standard InChI is InChI=1S/C18H20O5/c1-20-13-8-12(9-14(10-13)21-2)16(19)11-15-17(22-3)6-5-7-18(15)23-4/h5-10H,11H2,1-4H3. The van der Waals surface area contributed by atoms with E-state index in [2.05, 4.69) is 0 Å². The molecule has 0 bridgehead atoms. The molecule has 2 aromatic carbocycles. The van der Waals surface area contributed by atoms with E-state index >= 15 is 0 Å². The summed E-state index contributed by atoms with van der Waals surface area (Å²) in [6.07, 6.45) is 0.156. The van der Waals surface area contributed by atoms with Crippen LogP contribution in [0.2, 0.25) is 0 Å². The third-order valence-corrected chi connectivity index (χ3v) is 3.54. The van der Waals surface area contributed by atoms with Crippen molar-refractivity contribution in [2.75, 3.05) is 28.4 Å². The molecule has 2 rings (SSSR count). The molecule has 0 radical (unpaired) electrons. The molecule has 5 heteroatoms. The highest BCUT2D eigenvalue weighted by Gasteiger charge is 2.17. The van der Waals surface area contributed by atoms with Gasteiger partial charge in [-0.1, -0.05) is 6.07 Å². The first kappa shape index (κ1) is 16.7. The Balaban J connectivity index is 2.36. The van der Waals surface area contributed by atoms with Crippen LogP contribution in [0, 0.1) is 0 Å². The quantitative estimate of drug-likeness (QED) is 0.735. The fourth-order valence-corrected chi connectivity index (χ4v) is 2.33. The maximum absolute atomic E-state index is 12.7. The summed E-state index contributed by atoms with van der Waals surface area (Å²) in [6, 6.07) is 10.5. The number of hydrogen-bond donors (Lipinski definition) is 0. The van der Waals surface area contributed by atoms with Gasteiger partial charge in [0.05, 0.1) is 28.4 Å². The average Bonchev–Trinajstić information content (AvgIpc) is 2.61. The number of benzene rings is 2. The zero-order valence-corrected chi connectivity index (χ0v) is 13.7. The Morgan fingerprint density at radius 3 is 1.78 bits per heavy atom. The summed E-state index contributed by atoms with van der Waals surface area (Å²) in [6.45, 7) is 0. The van der Waals surface area contributed by atoms with Gasteiger partial charge in [0.2, 0.25) is 0 Å². The third-order valence-electron chi connectivity index (χ3n) is 3.54. The van der Waals surface area contributed by atoms with E-state index < -0.39 is 0 Å². The van der Waals surface area contributed by atoms with Crippen molar-refractivity contribution >= 4 is 5.78 Å². The predicted octanol–water partition coefficient (Wildman–Crippen LogP) is 3.15. The molecule has 0 unspecified atom stereocenters. The minimum absolute atomic E-state index is 0.0787. The van der Waals surface area contributed by atoms with Gasteiger partial charge in [0.25, 0.3) is 0 Å². The summed E-state index contributed by atoms with van der Waals surface area (Å²) in [5, 5.41) is 0. The number of ether oxygens (including phenoxy) is 4. The first-order valence-corrected chi connectivity index (χ1v) is 7.09. The largest absolute Gasteiger partial charge is 0.497 e. The van der Waals surface area contributed by atoms with Gasteiger partial charge in [-0.2, -0.15) is 0 Å². The topological polar surface area (TPSA) is 54.0 Å². The van der Waals surface area contributed by atoms with E-state index in [0.717, 1.165) is 0 Å². The Bertz CT molecular complexity index is 649. The van der Waals surface area contributed by atoms with E-state index in [1.54, 1.807) is 58.8 Å². The lowest BCUT2D eigenvalue weighted by Gasteiger charge is -2.13. The summed E-state index contributed by atoms with van der Waals surface area (Å²) in [5.41, 5.74) is 1.22. The minimum Gasteiger partial charge on any atom is -0.497 e. The van der Waals surface area contributed by atoms with Crippen LogP contribution in [0.3, 0.4) is 0 Å². The van der Waals surface area contributed by atoms with Gasteiger partial charge in [-0.15, -0.1) is 0 Å². The highest BCUT2D eigenvalue weighted by Crippen LogP contribution is 2.30. The van der Waals surface area contributed by atoms with Crippen LogP contribution in [0.1, 0.15) is 15.9 Å².